The van der Waals surface area contributed by atoms with Crippen LogP contribution in [-0.4, -0.2) is 24.1 Å². The molecule has 6 unspecified atom stereocenters. The van der Waals surface area contributed by atoms with Crippen LogP contribution in [0, 0.1) is 35.5 Å². The molecule has 2 aliphatic carbocycles. The van der Waals surface area contributed by atoms with Gasteiger partial charge in [-0.15, -0.1) is 0 Å². The number of rotatable bonds is 3. The summed E-state index contributed by atoms with van der Waals surface area (Å²) >= 11 is 0. The highest BCUT2D eigenvalue weighted by Gasteiger charge is 2.53. The second-order valence-electron chi connectivity index (χ2n) is 7.75. The van der Waals surface area contributed by atoms with Crippen LogP contribution in [-0.2, 0) is 19.1 Å². The van der Waals surface area contributed by atoms with E-state index in [4.69, 9.17) is 9.47 Å². The lowest BCUT2D eigenvalue weighted by molar-refractivity contribution is -0.172. The predicted molar refractivity (Wildman–Crippen MR) is 77.3 cm³/mol. The molecule has 6 atom stereocenters. The lowest BCUT2D eigenvalue weighted by Gasteiger charge is -2.34. The Labute approximate surface area is 126 Å². The van der Waals surface area contributed by atoms with Crippen LogP contribution in [0.25, 0.3) is 0 Å². The Balaban J connectivity index is 1.66. The normalized spacial score (nSPS) is 42.2. The molecule has 2 bridgehead atoms. The number of carbonyl (C=O) groups is 2. The van der Waals surface area contributed by atoms with Crippen LogP contribution in [0.1, 0.15) is 47.0 Å². The average Bonchev–Trinajstić information content (AvgIpc) is 3.07. The van der Waals surface area contributed by atoms with Gasteiger partial charge in [-0.2, -0.15) is 0 Å². The quantitative estimate of drug-likeness (QED) is 0.751. The highest BCUT2D eigenvalue weighted by Crippen LogP contribution is 2.55. The third-order valence-electron chi connectivity index (χ3n) is 6.34. The molecule has 3 fully saturated rings. The maximum absolute atomic E-state index is 12.6. The molecule has 0 amide bonds. The molecular formula is C17H26O4. The van der Waals surface area contributed by atoms with Gasteiger partial charge in [0.15, 0.2) is 0 Å². The number of esters is 2. The smallest absolute Gasteiger partial charge is 0.313 e. The maximum atomic E-state index is 12.6. The molecule has 3 rings (SSSR count). The standard InChI is InChI=1S/C17H26O4/c1-9-10(2)12-7-11(9)8-13(12)15(18)21-17(3,4)14-5-6-20-16(14)19/h9-14H,5-8H2,1-4H3. The molecule has 1 aliphatic heterocycles. The van der Waals surface area contributed by atoms with Gasteiger partial charge < -0.3 is 9.47 Å². The molecule has 0 aromatic carbocycles. The van der Waals surface area contributed by atoms with E-state index < -0.39 is 5.60 Å². The number of hydrogen-bond acceptors (Lipinski definition) is 4. The fourth-order valence-corrected chi connectivity index (χ4v) is 4.74. The molecule has 4 heteroatoms. The number of carbonyl (C=O) groups excluding carboxylic acids is 2. The van der Waals surface area contributed by atoms with E-state index in [-0.39, 0.29) is 23.8 Å². The highest BCUT2D eigenvalue weighted by atomic mass is 16.6. The zero-order valence-electron chi connectivity index (χ0n) is 13.4. The van der Waals surface area contributed by atoms with Crippen molar-refractivity contribution in [1.82, 2.24) is 0 Å². The SMILES string of the molecule is CC1C2CC(C(=O)OC(C)(C)C3CCOC3=O)C(C2)C1C. The number of fused-ring (bicyclic) bond motifs is 2. The van der Waals surface area contributed by atoms with Crippen molar-refractivity contribution in [1.29, 1.82) is 0 Å². The van der Waals surface area contributed by atoms with Crippen molar-refractivity contribution >= 4 is 11.9 Å². The van der Waals surface area contributed by atoms with Gasteiger partial charge in [0.25, 0.3) is 0 Å². The summed E-state index contributed by atoms with van der Waals surface area (Å²) in [5, 5.41) is 0. The Bertz CT molecular complexity index is 454. The summed E-state index contributed by atoms with van der Waals surface area (Å²) in [5.74, 6) is 1.81. The topological polar surface area (TPSA) is 52.6 Å². The molecule has 0 radical (unpaired) electrons. The summed E-state index contributed by atoms with van der Waals surface area (Å²) in [4.78, 5) is 24.3. The molecule has 4 nitrogen and oxygen atoms in total. The number of ether oxygens (including phenoxy) is 2. The van der Waals surface area contributed by atoms with Crippen molar-refractivity contribution in [2.75, 3.05) is 6.61 Å². The van der Waals surface area contributed by atoms with Crippen molar-refractivity contribution in [2.24, 2.45) is 35.5 Å². The van der Waals surface area contributed by atoms with Crippen LogP contribution in [0.3, 0.4) is 0 Å². The first-order chi connectivity index (χ1) is 9.81. The third kappa shape index (κ3) is 2.36. The highest BCUT2D eigenvalue weighted by molar-refractivity contribution is 5.78. The first-order valence-corrected chi connectivity index (χ1v) is 8.20. The van der Waals surface area contributed by atoms with E-state index in [1.165, 1.54) is 0 Å². The van der Waals surface area contributed by atoms with E-state index in [9.17, 15) is 9.59 Å². The molecule has 0 N–H and O–H groups in total. The zero-order valence-corrected chi connectivity index (χ0v) is 13.4. The van der Waals surface area contributed by atoms with Gasteiger partial charge in [0.1, 0.15) is 5.60 Å². The minimum Gasteiger partial charge on any atom is -0.465 e. The van der Waals surface area contributed by atoms with Gasteiger partial charge in [-0.25, -0.2) is 0 Å². The van der Waals surface area contributed by atoms with E-state index in [1.54, 1.807) is 0 Å². The lowest BCUT2D eigenvalue weighted by atomic mass is 9.75. The Morgan fingerprint density at radius 3 is 2.48 bits per heavy atom. The van der Waals surface area contributed by atoms with Crippen LogP contribution in [0.15, 0.2) is 0 Å². The van der Waals surface area contributed by atoms with Crippen LogP contribution in [0.2, 0.25) is 0 Å². The van der Waals surface area contributed by atoms with E-state index in [0.717, 1.165) is 18.8 Å². The van der Waals surface area contributed by atoms with Gasteiger partial charge in [0, 0.05) is 0 Å². The van der Waals surface area contributed by atoms with E-state index in [2.05, 4.69) is 13.8 Å². The van der Waals surface area contributed by atoms with Crippen molar-refractivity contribution in [3.8, 4) is 0 Å². The molecular weight excluding hydrogens is 268 g/mol. The largest absolute Gasteiger partial charge is 0.465 e. The number of cyclic esters (lactones) is 1. The summed E-state index contributed by atoms with van der Waals surface area (Å²) < 4.78 is 10.8. The van der Waals surface area contributed by atoms with Gasteiger partial charge in [-0.05, 0) is 56.8 Å². The Morgan fingerprint density at radius 1 is 1.24 bits per heavy atom. The van der Waals surface area contributed by atoms with Crippen molar-refractivity contribution in [3.63, 3.8) is 0 Å². The van der Waals surface area contributed by atoms with Crippen LogP contribution in [0.5, 0.6) is 0 Å². The molecule has 0 spiro atoms. The monoisotopic (exact) mass is 294 g/mol. The van der Waals surface area contributed by atoms with Crippen molar-refractivity contribution in [2.45, 2.75) is 52.6 Å². The second kappa shape index (κ2) is 4.99. The number of hydrogen-bond donors (Lipinski definition) is 0. The summed E-state index contributed by atoms with van der Waals surface area (Å²) in [7, 11) is 0. The summed E-state index contributed by atoms with van der Waals surface area (Å²) in [6.45, 7) is 8.67. The predicted octanol–water partition coefficient (Wildman–Crippen LogP) is 2.80. The van der Waals surface area contributed by atoms with Crippen LogP contribution < -0.4 is 0 Å². The third-order valence-corrected chi connectivity index (χ3v) is 6.34. The molecule has 0 aromatic heterocycles. The second-order valence-corrected chi connectivity index (χ2v) is 7.75. The van der Waals surface area contributed by atoms with Gasteiger partial charge >= 0.3 is 11.9 Å². The van der Waals surface area contributed by atoms with Gasteiger partial charge in [0.2, 0.25) is 0 Å². The van der Waals surface area contributed by atoms with Gasteiger partial charge in [-0.1, -0.05) is 13.8 Å². The lowest BCUT2D eigenvalue weighted by Crippen LogP contribution is -2.42. The molecule has 118 valence electrons. The van der Waals surface area contributed by atoms with Crippen LogP contribution in [0.4, 0.5) is 0 Å². The molecule has 3 aliphatic rings. The summed E-state index contributed by atoms with van der Waals surface area (Å²) in [6, 6.07) is 0. The minimum absolute atomic E-state index is 0.0258. The Hall–Kier alpha value is -1.06. The minimum atomic E-state index is -0.763. The molecule has 0 aromatic rings. The average molecular weight is 294 g/mol. The van der Waals surface area contributed by atoms with Crippen molar-refractivity contribution < 1.29 is 19.1 Å². The first kappa shape index (κ1) is 14.9. The molecule has 1 heterocycles. The summed E-state index contributed by atoms with van der Waals surface area (Å²) in [5.41, 5.74) is -0.763. The van der Waals surface area contributed by atoms with Gasteiger partial charge in [-0.3, -0.25) is 9.59 Å². The maximum Gasteiger partial charge on any atom is 0.313 e. The molecule has 1 saturated heterocycles. The van der Waals surface area contributed by atoms with E-state index >= 15 is 0 Å². The van der Waals surface area contributed by atoms with Gasteiger partial charge in [0.05, 0.1) is 18.4 Å². The fraction of sp³-hybridized carbons (Fsp3) is 0.882. The molecule has 2 saturated carbocycles. The summed E-state index contributed by atoms with van der Waals surface area (Å²) in [6.07, 6.45) is 2.76. The molecule has 21 heavy (non-hydrogen) atoms. The zero-order chi connectivity index (χ0) is 15.4. The van der Waals surface area contributed by atoms with Crippen molar-refractivity contribution in [3.05, 3.63) is 0 Å². The Kier molecular flexibility index (Phi) is 3.53. The first-order valence-electron chi connectivity index (χ1n) is 8.20. The van der Waals surface area contributed by atoms with Crippen LogP contribution >= 0.6 is 0 Å². The fourth-order valence-electron chi connectivity index (χ4n) is 4.74. The Morgan fingerprint density at radius 2 is 1.95 bits per heavy atom. The van der Waals surface area contributed by atoms with E-state index in [1.807, 2.05) is 13.8 Å². The van der Waals surface area contributed by atoms with E-state index in [0.29, 0.717) is 30.8 Å².